The molecule has 86 valence electrons. The topological polar surface area (TPSA) is 46.5 Å². The Morgan fingerprint density at radius 2 is 1.93 bits per heavy atom. The average molecular weight is 212 g/mol. The van der Waals surface area contributed by atoms with Gasteiger partial charge in [0.15, 0.2) is 0 Å². The van der Waals surface area contributed by atoms with E-state index in [-0.39, 0.29) is 23.6 Å². The Labute approximate surface area is 90.8 Å². The van der Waals surface area contributed by atoms with Gasteiger partial charge >= 0.3 is 5.97 Å². The fourth-order valence-corrected chi connectivity index (χ4v) is 2.23. The van der Waals surface area contributed by atoms with Gasteiger partial charge in [0, 0.05) is 12.8 Å². The summed E-state index contributed by atoms with van der Waals surface area (Å²) >= 11 is 0. The molecule has 2 aliphatic carbocycles. The van der Waals surface area contributed by atoms with Crippen molar-refractivity contribution < 1.29 is 14.6 Å². The van der Waals surface area contributed by atoms with Crippen molar-refractivity contribution in [2.75, 3.05) is 0 Å². The molecule has 0 atom stereocenters. The lowest BCUT2D eigenvalue weighted by atomic mass is 9.67. The first kappa shape index (κ1) is 10.9. The van der Waals surface area contributed by atoms with Crippen LogP contribution in [0.2, 0.25) is 0 Å². The van der Waals surface area contributed by atoms with E-state index < -0.39 is 0 Å². The Kier molecular flexibility index (Phi) is 2.75. The summed E-state index contributed by atoms with van der Waals surface area (Å²) in [5.74, 6) is 0.416. The standard InChI is InChI=1S/C12H20O3/c1-12(2,8-4-3-5-8)11(14)15-10-6-9(13)7-10/h8-10,13H,3-7H2,1-2H3. The SMILES string of the molecule is CC(C)(C(=O)OC1CC(O)C1)C1CCC1. The summed E-state index contributed by atoms with van der Waals surface area (Å²) in [5, 5.41) is 9.11. The largest absolute Gasteiger partial charge is 0.462 e. The van der Waals surface area contributed by atoms with Crippen molar-refractivity contribution in [2.45, 2.75) is 58.2 Å². The minimum atomic E-state index is -0.335. The van der Waals surface area contributed by atoms with Crippen molar-refractivity contribution in [3.8, 4) is 0 Å². The molecule has 0 aromatic rings. The zero-order valence-electron chi connectivity index (χ0n) is 9.53. The number of aliphatic hydroxyl groups is 1. The number of esters is 1. The Morgan fingerprint density at radius 3 is 2.33 bits per heavy atom. The number of carbonyl (C=O) groups excluding carboxylic acids is 1. The van der Waals surface area contributed by atoms with Gasteiger partial charge in [-0.3, -0.25) is 4.79 Å². The highest BCUT2D eigenvalue weighted by Crippen LogP contribution is 2.43. The predicted octanol–water partition coefficient (Wildman–Crippen LogP) is 1.88. The molecule has 0 amide bonds. The van der Waals surface area contributed by atoms with E-state index in [9.17, 15) is 4.79 Å². The molecule has 2 rings (SSSR count). The molecule has 3 heteroatoms. The highest BCUT2D eigenvalue weighted by Gasteiger charge is 2.43. The van der Waals surface area contributed by atoms with Crippen LogP contribution in [0, 0.1) is 11.3 Å². The molecule has 1 N–H and O–H groups in total. The van der Waals surface area contributed by atoms with Gasteiger partial charge in [-0.05, 0) is 32.6 Å². The van der Waals surface area contributed by atoms with Gasteiger partial charge in [0.25, 0.3) is 0 Å². The van der Waals surface area contributed by atoms with Crippen molar-refractivity contribution in [1.29, 1.82) is 0 Å². The molecule has 0 unspecified atom stereocenters. The molecule has 2 saturated carbocycles. The van der Waals surface area contributed by atoms with E-state index in [2.05, 4.69) is 0 Å². The van der Waals surface area contributed by atoms with E-state index in [0.29, 0.717) is 18.8 Å². The minimum absolute atomic E-state index is 0.0353. The van der Waals surface area contributed by atoms with Gasteiger partial charge < -0.3 is 9.84 Å². The summed E-state index contributed by atoms with van der Waals surface area (Å²) in [6, 6.07) is 0. The van der Waals surface area contributed by atoms with Crippen molar-refractivity contribution in [3.05, 3.63) is 0 Å². The average Bonchev–Trinajstić information content (AvgIpc) is 1.96. The number of hydrogen-bond donors (Lipinski definition) is 1. The fraction of sp³-hybridized carbons (Fsp3) is 0.917. The second-order valence-electron chi connectivity index (χ2n) is 5.50. The molecular weight excluding hydrogens is 192 g/mol. The van der Waals surface area contributed by atoms with Crippen LogP contribution in [0.5, 0.6) is 0 Å². The molecule has 0 bridgehead atoms. The minimum Gasteiger partial charge on any atom is -0.462 e. The number of ether oxygens (including phenoxy) is 1. The lowest BCUT2D eigenvalue weighted by Crippen LogP contribution is -2.44. The van der Waals surface area contributed by atoms with E-state index in [0.717, 1.165) is 12.8 Å². The molecule has 15 heavy (non-hydrogen) atoms. The lowest BCUT2D eigenvalue weighted by molar-refractivity contribution is -0.174. The van der Waals surface area contributed by atoms with Crippen LogP contribution in [0.3, 0.4) is 0 Å². The summed E-state index contributed by atoms with van der Waals surface area (Å²) in [4.78, 5) is 11.9. The van der Waals surface area contributed by atoms with Crippen molar-refractivity contribution in [2.24, 2.45) is 11.3 Å². The van der Waals surface area contributed by atoms with Crippen LogP contribution in [0.4, 0.5) is 0 Å². The first-order chi connectivity index (χ1) is 7.00. The Balaban J connectivity index is 1.83. The first-order valence-corrected chi connectivity index (χ1v) is 5.89. The molecule has 0 aromatic carbocycles. The van der Waals surface area contributed by atoms with Crippen LogP contribution in [0.15, 0.2) is 0 Å². The van der Waals surface area contributed by atoms with Gasteiger partial charge in [-0.2, -0.15) is 0 Å². The van der Waals surface area contributed by atoms with Gasteiger partial charge in [-0.15, -0.1) is 0 Å². The predicted molar refractivity (Wildman–Crippen MR) is 56.2 cm³/mol. The van der Waals surface area contributed by atoms with E-state index in [1.165, 1.54) is 6.42 Å². The van der Waals surface area contributed by atoms with Gasteiger partial charge in [-0.1, -0.05) is 6.42 Å². The van der Waals surface area contributed by atoms with E-state index >= 15 is 0 Å². The van der Waals surface area contributed by atoms with E-state index in [1.807, 2.05) is 13.8 Å². The Morgan fingerprint density at radius 1 is 1.33 bits per heavy atom. The third-order valence-corrected chi connectivity index (χ3v) is 4.00. The summed E-state index contributed by atoms with van der Waals surface area (Å²) < 4.78 is 5.38. The maximum atomic E-state index is 11.9. The normalized spacial score (nSPS) is 31.7. The van der Waals surface area contributed by atoms with E-state index in [1.54, 1.807) is 0 Å². The molecule has 0 aliphatic heterocycles. The highest BCUT2D eigenvalue weighted by molar-refractivity contribution is 5.76. The molecule has 0 saturated heterocycles. The smallest absolute Gasteiger partial charge is 0.312 e. The molecule has 2 fully saturated rings. The molecule has 0 aromatic heterocycles. The summed E-state index contributed by atoms with van der Waals surface area (Å²) in [5.41, 5.74) is -0.335. The Hall–Kier alpha value is -0.570. The van der Waals surface area contributed by atoms with E-state index in [4.69, 9.17) is 9.84 Å². The van der Waals surface area contributed by atoms with Gasteiger partial charge in [0.2, 0.25) is 0 Å². The quantitative estimate of drug-likeness (QED) is 0.726. The summed E-state index contributed by atoms with van der Waals surface area (Å²) in [6.07, 6.45) is 4.48. The van der Waals surface area contributed by atoms with Crippen LogP contribution in [0.1, 0.15) is 46.0 Å². The van der Waals surface area contributed by atoms with Crippen molar-refractivity contribution in [3.63, 3.8) is 0 Å². The van der Waals surface area contributed by atoms with Crippen molar-refractivity contribution in [1.82, 2.24) is 0 Å². The fourth-order valence-electron chi connectivity index (χ4n) is 2.23. The van der Waals surface area contributed by atoms with Crippen LogP contribution in [-0.4, -0.2) is 23.3 Å². The van der Waals surface area contributed by atoms with Crippen LogP contribution < -0.4 is 0 Å². The maximum Gasteiger partial charge on any atom is 0.312 e. The highest BCUT2D eigenvalue weighted by atomic mass is 16.5. The number of hydrogen-bond acceptors (Lipinski definition) is 3. The van der Waals surface area contributed by atoms with Gasteiger partial charge in [-0.25, -0.2) is 0 Å². The van der Waals surface area contributed by atoms with Gasteiger partial charge in [0.1, 0.15) is 6.10 Å². The third kappa shape index (κ3) is 2.03. The number of aliphatic hydroxyl groups excluding tert-OH is 1. The molecular formula is C12H20O3. The second-order valence-corrected chi connectivity index (χ2v) is 5.50. The first-order valence-electron chi connectivity index (χ1n) is 5.89. The van der Waals surface area contributed by atoms with Crippen LogP contribution in [0.25, 0.3) is 0 Å². The number of carbonyl (C=O) groups is 1. The van der Waals surface area contributed by atoms with Crippen LogP contribution >= 0.6 is 0 Å². The summed E-state index contributed by atoms with van der Waals surface area (Å²) in [7, 11) is 0. The molecule has 0 spiro atoms. The molecule has 2 aliphatic rings. The molecule has 0 heterocycles. The third-order valence-electron chi connectivity index (χ3n) is 4.00. The molecule has 3 nitrogen and oxygen atoms in total. The maximum absolute atomic E-state index is 11.9. The lowest BCUT2D eigenvalue weighted by Gasteiger charge is -2.40. The zero-order chi connectivity index (χ0) is 11.1. The zero-order valence-corrected chi connectivity index (χ0v) is 9.53. The second kappa shape index (κ2) is 3.78. The van der Waals surface area contributed by atoms with Gasteiger partial charge in [0.05, 0.1) is 11.5 Å². The molecule has 0 radical (unpaired) electrons. The van der Waals surface area contributed by atoms with Crippen LogP contribution in [-0.2, 0) is 9.53 Å². The monoisotopic (exact) mass is 212 g/mol. The Bertz CT molecular complexity index is 250. The summed E-state index contributed by atoms with van der Waals surface area (Å²) in [6.45, 7) is 3.96. The number of rotatable bonds is 3. The van der Waals surface area contributed by atoms with Crippen molar-refractivity contribution >= 4 is 5.97 Å².